The van der Waals surface area contributed by atoms with E-state index < -0.39 is 17.8 Å². The largest absolute Gasteiger partial charge is 0.466 e. The third-order valence-electron chi connectivity index (χ3n) is 3.96. The van der Waals surface area contributed by atoms with Crippen LogP contribution in [0.4, 0.5) is 4.79 Å². The lowest BCUT2D eigenvalue weighted by Gasteiger charge is -2.31. The number of hydrogen-bond acceptors (Lipinski definition) is 6. The van der Waals surface area contributed by atoms with Gasteiger partial charge in [0, 0.05) is 25.8 Å². The number of rotatable bonds is 4. The number of likely N-dealkylation sites (N-methyl/N-ethyl adjacent to an activating group) is 1. The molecule has 8 nitrogen and oxygen atoms in total. The minimum Gasteiger partial charge on any atom is -0.466 e. The van der Waals surface area contributed by atoms with Crippen molar-refractivity contribution in [3.05, 3.63) is 11.8 Å². The third kappa shape index (κ3) is 3.69. The van der Waals surface area contributed by atoms with Crippen molar-refractivity contribution in [2.75, 3.05) is 26.2 Å². The van der Waals surface area contributed by atoms with Crippen molar-refractivity contribution in [2.45, 2.75) is 26.7 Å². The van der Waals surface area contributed by atoms with Crippen molar-refractivity contribution in [1.29, 1.82) is 0 Å². The molecule has 0 radical (unpaired) electrons. The van der Waals surface area contributed by atoms with Gasteiger partial charge in [-0.1, -0.05) is 0 Å². The van der Waals surface area contributed by atoms with E-state index in [0.29, 0.717) is 32.5 Å². The van der Waals surface area contributed by atoms with Gasteiger partial charge in [-0.25, -0.2) is 4.79 Å². The molecule has 0 aromatic rings. The Balaban J connectivity index is 2.02. The third-order valence-corrected chi connectivity index (χ3v) is 3.96. The molecule has 2 aliphatic heterocycles. The molecule has 0 aliphatic carbocycles. The van der Waals surface area contributed by atoms with Gasteiger partial charge in [0.2, 0.25) is 0 Å². The summed E-state index contributed by atoms with van der Waals surface area (Å²) in [6.45, 7) is 5.08. The van der Waals surface area contributed by atoms with Crippen molar-refractivity contribution in [3.63, 3.8) is 0 Å². The molecule has 2 saturated heterocycles. The van der Waals surface area contributed by atoms with Gasteiger partial charge in [-0.3, -0.25) is 24.6 Å². The molecule has 126 valence electrons. The number of urea groups is 1. The molecule has 0 aromatic heterocycles. The van der Waals surface area contributed by atoms with Crippen LogP contribution in [0.5, 0.6) is 0 Å². The van der Waals surface area contributed by atoms with Crippen molar-refractivity contribution in [3.8, 4) is 0 Å². The van der Waals surface area contributed by atoms with Crippen LogP contribution in [-0.4, -0.2) is 59.9 Å². The van der Waals surface area contributed by atoms with E-state index in [1.54, 1.807) is 13.8 Å². The molecular weight excluding hydrogens is 302 g/mol. The minimum atomic E-state index is -0.694. The highest BCUT2D eigenvalue weighted by atomic mass is 16.5. The molecule has 2 heterocycles. The Bertz CT molecular complexity index is 549. The van der Waals surface area contributed by atoms with Gasteiger partial charge in [0.15, 0.2) is 0 Å². The number of esters is 1. The zero-order valence-electron chi connectivity index (χ0n) is 13.3. The Kier molecular flexibility index (Phi) is 5.36. The second-order valence-corrected chi connectivity index (χ2v) is 5.41. The Hall–Kier alpha value is -2.38. The number of carbonyl (C=O) groups is 4. The number of imide groups is 2. The first-order valence-electron chi connectivity index (χ1n) is 7.77. The summed E-state index contributed by atoms with van der Waals surface area (Å²) in [5.41, 5.74) is -0.0546. The fraction of sp³-hybridized carbons (Fsp3) is 0.600. The minimum absolute atomic E-state index is 0.0546. The predicted molar refractivity (Wildman–Crippen MR) is 79.9 cm³/mol. The van der Waals surface area contributed by atoms with Gasteiger partial charge < -0.3 is 9.64 Å². The lowest BCUT2D eigenvalue weighted by molar-refractivity contribution is -0.149. The molecule has 23 heavy (non-hydrogen) atoms. The van der Waals surface area contributed by atoms with Gasteiger partial charge in [0.1, 0.15) is 5.57 Å². The molecule has 0 spiro atoms. The van der Waals surface area contributed by atoms with Gasteiger partial charge in [-0.2, -0.15) is 0 Å². The van der Waals surface area contributed by atoms with Crippen molar-refractivity contribution in [2.24, 2.45) is 5.92 Å². The van der Waals surface area contributed by atoms with Gasteiger partial charge in [0.05, 0.1) is 12.5 Å². The molecule has 0 aromatic carbocycles. The average Bonchev–Trinajstić information content (AvgIpc) is 2.52. The van der Waals surface area contributed by atoms with Crippen LogP contribution >= 0.6 is 0 Å². The number of piperidine rings is 1. The zero-order chi connectivity index (χ0) is 17.0. The highest BCUT2D eigenvalue weighted by Crippen LogP contribution is 2.20. The Labute approximate surface area is 134 Å². The van der Waals surface area contributed by atoms with Crippen molar-refractivity contribution in [1.82, 2.24) is 15.1 Å². The molecule has 2 fully saturated rings. The van der Waals surface area contributed by atoms with Crippen LogP contribution in [-0.2, 0) is 19.1 Å². The maximum atomic E-state index is 12.2. The smallest absolute Gasteiger partial charge is 0.331 e. The first kappa shape index (κ1) is 17.0. The van der Waals surface area contributed by atoms with E-state index >= 15 is 0 Å². The van der Waals surface area contributed by atoms with Crippen LogP contribution in [0.15, 0.2) is 11.8 Å². The molecule has 2 rings (SSSR count). The average molecular weight is 323 g/mol. The topological polar surface area (TPSA) is 96.0 Å². The summed E-state index contributed by atoms with van der Waals surface area (Å²) in [6.07, 6.45) is 2.69. The van der Waals surface area contributed by atoms with E-state index in [4.69, 9.17) is 4.74 Å². The van der Waals surface area contributed by atoms with E-state index in [1.807, 2.05) is 4.90 Å². The standard InChI is InChI=1S/C15H21N3O5/c1-3-18-13(20)11(12(19)16-15(18)22)9-17-7-5-10(6-8-17)14(21)23-4-2/h9-10H,3-8H2,1-2H3,(H,16,19,22)/b11-9+. The van der Waals surface area contributed by atoms with Gasteiger partial charge in [-0.05, 0) is 26.7 Å². The maximum Gasteiger partial charge on any atom is 0.331 e. The molecule has 0 saturated carbocycles. The lowest BCUT2D eigenvalue weighted by Crippen LogP contribution is -2.54. The summed E-state index contributed by atoms with van der Waals surface area (Å²) >= 11 is 0. The summed E-state index contributed by atoms with van der Waals surface area (Å²) in [5, 5.41) is 2.15. The second-order valence-electron chi connectivity index (χ2n) is 5.41. The first-order chi connectivity index (χ1) is 11.0. The highest BCUT2D eigenvalue weighted by molar-refractivity contribution is 6.28. The van der Waals surface area contributed by atoms with E-state index in [1.165, 1.54) is 6.20 Å². The van der Waals surface area contributed by atoms with Crippen LogP contribution in [0.2, 0.25) is 0 Å². The Morgan fingerprint density at radius 1 is 1.26 bits per heavy atom. The highest BCUT2D eigenvalue weighted by Gasteiger charge is 2.35. The van der Waals surface area contributed by atoms with E-state index in [0.717, 1.165) is 4.90 Å². The molecular formula is C15H21N3O5. The number of carbonyl (C=O) groups excluding carboxylic acids is 4. The van der Waals surface area contributed by atoms with Crippen LogP contribution in [0.1, 0.15) is 26.7 Å². The number of nitrogens with one attached hydrogen (secondary N) is 1. The molecule has 8 heteroatoms. The summed E-state index contributed by atoms with van der Waals surface area (Å²) in [4.78, 5) is 50.1. The lowest BCUT2D eigenvalue weighted by atomic mass is 9.97. The van der Waals surface area contributed by atoms with E-state index in [2.05, 4.69) is 5.32 Å². The van der Waals surface area contributed by atoms with Crippen LogP contribution in [0, 0.1) is 5.92 Å². The Morgan fingerprint density at radius 3 is 2.48 bits per heavy atom. The Morgan fingerprint density at radius 2 is 1.91 bits per heavy atom. The first-order valence-corrected chi connectivity index (χ1v) is 7.77. The zero-order valence-corrected chi connectivity index (χ0v) is 13.3. The normalized spacial score (nSPS) is 21.7. The molecule has 0 unspecified atom stereocenters. The number of ether oxygens (including phenoxy) is 1. The SMILES string of the molecule is CCOC(=O)C1CCN(/C=C2\C(=O)NC(=O)N(CC)C2=O)CC1. The number of barbiturate groups is 1. The molecule has 2 aliphatic rings. The number of hydrogen-bond donors (Lipinski definition) is 1. The maximum absolute atomic E-state index is 12.2. The summed E-state index contributed by atoms with van der Waals surface area (Å²) < 4.78 is 5.01. The van der Waals surface area contributed by atoms with Crippen molar-refractivity contribution >= 4 is 23.8 Å². The number of nitrogens with zero attached hydrogens (tertiary/aromatic N) is 2. The molecule has 1 N–H and O–H groups in total. The predicted octanol–water partition coefficient (Wildman–Crippen LogP) is 0.244. The summed E-state index contributed by atoms with van der Waals surface area (Å²) in [5.74, 6) is -1.62. The summed E-state index contributed by atoms with van der Waals surface area (Å²) in [6, 6.07) is -0.694. The van der Waals surface area contributed by atoms with Crippen molar-refractivity contribution < 1.29 is 23.9 Å². The fourth-order valence-corrected chi connectivity index (χ4v) is 2.67. The molecule has 4 amide bonds. The van der Waals surface area contributed by atoms with Gasteiger partial charge >= 0.3 is 12.0 Å². The fourth-order valence-electron chi connectivity index (χ4n) is 2.67. The second kappa shape index (κ2) is 7.26. The van der Waals surface area contributed by atoms with E-state index in [-0.39, 0.29) is 24.0 Å². The van der Waals surface area contributed by atoms with E-state index in [9.17, 15) is 19.2 Å². The van der Waals surface area contributed by atoms with Crippen LogP contribution in [0.25, 0.3) is 0 Å². The van der Waals surface area contributed by atoms with Crippen LogP contribution in [0.3, 0.4) is 0 Å². The number of likely N-dealkylation sites (tertiary alicyclic amines) is 1. The molecule has 0 bridgehead atoms. The quantitative estimate of drug-likeness (QED) is 0.452. The monoisotopic (exact) mass is 323 g/mol. The van der Waals surface area contributed by atoms with Crippen LogP contribution < -0.4 is 5.32 Å². The van der Waals surface area contributed by atoms with Gasteiger partial charge in [0.25, 0.3) is 11.8 Å². The number of amides is 4. The van der Waals surface area contributed by atoms with Gasteiger partial charge in [-0.15, -0.1) is 0 Å². The molecule has 0 atom stereocenters. The summed E-state index contributed by atoms with van der Waals surface area (Å²) in [7, 11) is 0.